The monoisotopic (exact) mass is 691 g/mol. The standard InChI is InChI=1S/C37H30BrN3O4S/c1-25(35(42)39-29-19-21-32(22-20-29)45-31-12-6-3-7-13-31)46-33-14-8-11-30(24-33)40-37(44)34(23-26-15-17-28(38)18-16-26)41-36(43)27-9-4-2-5-10-27/h2-25H,1H3,(H,39,42)(H,40,44)(H,41,43)/b34-23-. The molecule has 1 atom stereocenters. The SMILES string of the molecule is CC(Sc1cccc(NC(=O)/C(=C/c2ccc(Br)cc2)NC(=O)c2ccccc2)c1)C(=O)Nc1ccc(Oc2ccccc2)cc1. The van der Waals surface area contributed by atoms with Crippen LogP contribution in [-0.2, 0) is 9.59 Å². The first-order valence-corrected chi connectivity index (χ1v) is 16.1. The van der Waals surface area contributed by atoms with Gasteiger partial charge in [0.05, 0.1) is 5.25 Å². The van der Waals surface area contributed by atoms with Crippen molar-refractivity contribution in [3.63, 3.8) is 0 Å². The van der Waals surface area contributed by atoms with Crippen molar-refractivity contribution in [2.75, 3.05) is 10.6 Å². The number of hydrogen-bond acceptors (Lipinski definition) is 5. The largest absolute Gasteiger partial charge is 0.457 e. The van der Waals surface area contributed by atoms with Crippen LogP contribution in [0.25, 0.3) is 6.08 Å². The van der Waals surface area contributed by atoms with Gasteiger partial charge in [-0.2, -0.15) is 0 Å². The summed E-state index contributed by atoms with van der Waals surface area (Å²) in [6, 6.07) is 39.9. The van der Waals surface area contributed by atoms with Crippen LogP contribution >= 0.6 is 27.7 Å². The first kappa shape index (κ1) is 32.3. The smallest absolute Gasteiger partial charge is 0.272 e. The predicted molar refractivity (Wildman–Crippen MR) is 188 cm³/mol. The van der Waals surface area contributed by atoms with E-state index in [9.17, 15) is 14.4 Å². The van der Waals surface area contributed by atoms with Crippen molar-refractivity contribution >= 4 is 62.9 Å². The van der Waals surface area contributed by atoms with Gasteiger partial charge in [-0.15, -0.1) is 11.8 Å². The molecular weight excluding hydrogens is 662 g/mol. The van der Waals surface area contributed by atoms with E-state index < -0.39 is 17.1 Å². The van der Waals surface area contributed by atoms with Gasteiger partial charge >= 0.3 is 0 Å². The van der Waals surface area contributed by atoms with Gasteiger partial charge in [-0.3, -0.25) is 14.4 Å². The van der Waals surface area contributed by atoms with Gasteiger partial charge in [0.25, 0.3) is 11.8 Å². The van der Waals surface area contributed by atoms with Gasteiger partial charge in [-0.1, -0.05) is 70.5 Å². The minimum absolute atomic E-state index is 0.0853. The highest BCUT2D eigenvalue weighted by Gasteiger charge is 2.17. The molecule has 7 nitrogen and oxygen atoms in total. The van der Waals surface area contributed by atoms with E-state index >= 15 is 0 Å². The Bertz CT molecular complexity index is 1830. The highest BCUT2D eigenvalue weighted by atomic mass is 79.9. The lowest BCUT2D eigenvalue weighted by molar-refractivity contribution is -0.115. The molecule has 230 valence electrons. The van der Waals surface area contributed by atoms with E-state index in [1.54, 1.807) is 72.8 Å². The van der Waals surface area contributed by atoms with Crippen LogP contribution in [0, 0.1) is 0 Å². The molecule has 0 aliphatic carbocycles. The van der Waals surface area contributed by atoms with Crippen molar-refractivity contribution in [3.8, 4) is 11.5 Å². The number of carbonyl (C=O) groups excluding carboxylic acids is 3. The minimum atomic E-state index is -0.486. The number of benzene rings is 5. The Morgan fingerprint density at radius 1 is 0.717 bits per heavy atom. The van der Waals surface area contributed by atoms with Gasteiger partial charge in [0, 0.05) is 26.3 Å². The average Bonchev–Trinajstić information content (AvgIpc) is 3.07. The molecule has 0 spiro atoms. The molecule has 9 heteroatoms. The van der Waals surface area contributed by atoms with Gasteiger partial charge in [0.15, 0.2) is 0 Å². The van der Waals surface area contributed by atoms with E-state index in [0.717, 1.165) is 20.7 Å². The van der Waals surface area contributed by atoms with Crippen molar-refractivity contribution in [3.05, 3.63) is 155 Å². The summed E-state index contributed by atoms with van der Waals surface area (Å²) >= 11 is 4.78. The van der Waals surface area contributed by atoms with E-state index in [4.69, 9.17) is 4.74 Å². The molecule has 5 aromatic carbocycles. The molecule has 0 aliphatic rings. The highest BCUT2D eigenvalue weighted by Crippen LogP contribution is 2.28. The van der Waals surface area contributed by atoms with Crippen LogP contribution in [0.15, 0.2) is 149 Å². The third-order valence-electron chi connectivity index (χ3n) is 6.58. The normalized spacial score (nSPS) is 11.7. The molecule has 0 saturated heterocycles. The maximum Gasteiger partial charge on any atom is 0.272 e. The average molecular weight is 693 g/mol. The first-order chi connectivity index (χ1) is 22.3. The summed E-state index contributed by atoms with van der Waals surface area (Å²) in [5, 5.41) is 8.14. The number of ether oxygens (including phenoxy) is 1. The molecule has 46 heavy (non-hydrogen) atoms. The number of para-hydroxylation sites is 1. The topological polar surface area (TPSA) is 96.5 Å². The molecule has 0 aliphatic heterocycles. The van der Waals surface area contributed by atoms with E-state index in [2.05, 4.69) is 31.9 Å². The van der Waals surface area contributed by atoms with E-state index in [-0.39, 0.29) is 11.6 Å². The van der Waals surface area contributed by atoms with Gasteiger partial charge in [0.2, 0.25) is 5.91 Å². The maximum atomic E-state index is 13.4. The van der Waals surface area contributed by atoms with Crippen molar-refractivity contribution < 1.29 is 19.1 Å². The molecule has 3 amide bonds. The van der Waals surface area contributed by atoms with E-state index in [1.807, 2.05) is 73.7 Å². The minimum Gasteiger partial charge on any atom is -0.457 e. The quantitative estimate of drug-likeness (QED) is 0.0951. The van der Waals surface area contributed by atoms with Crippen molar-refractivity contribution in [1.29, 1.82) is 0 Å². The van der Waals surface area contributed by atoms with Crippen LogP contribution < -0.4 is 20.7 Å². The summed E-state index contributed by atoms with van der Waals surface area (Å²) in [5.41, 5.74) is 2.43. The molecule has 1 unspecified atom stereocenters. The zero-order valence-corrected chi connectivity index (χ0v) is 27.2. The summed E-state index contributed by atoms with van der Waals surface area (Å²) < 4.78 is 6.71. The predicted octanol–water partition coefficient (Wildman–Crippen LogP) is 8.77. The Labute approximate surface area is 280 Å². The lowest BCUT2D eigenvalue weighted by atomic mass is 10.1. The number of nitrogens with one attached hydrogen (secondary N) is 3. The Hall–Kier alpha value is -5.12. The number of amides is 3. The Kier molecular flexibility index (Phi) is 11.0. The second-order valence-electron chi connectivity index (χ2n) is 10.1. The number of thioether (sulfide) groups is 1. The van der Waals surface area contributed by atoms with Crippen LogP contribution in [0.3, 0.4) is 0 Å². The van der Waals surface area contributed by atoms with E-state index in [1.165, 1.54) is 11.8 Å². The van der Waals surface area contributed by atoms with Crippen molar-refractivity contribution in [2.45, 2.75) is 17.1 Å². The number of rotatable bonds is 11. The Morgan fingerprint density at radius 3 is 2.07 bits per heavy atom. The van der Waals surface area contributed by atoms with Crippen molar-refractivity contribution in [2.24, 2.45) is 0 Å². The number of hydrogen-bond donors (Lipinski definition) is 3. The fourth-order valence-electron chi connectivity index (χ4n) is 4.25. The van der Waals surface area contributed by atoms with Crippen LogP contribution in [0.4, 0.5) is 11.4 Å². The van der Waals surface area contributed by atoms with Gasteiger partial charge in [-0.25, -0.2) is 0 Å². The summed E-state index contributed by atoms with van der Waals surface area (Å²) in [6.45, 7) is 1.82. The van der Waals surface area contributed by atoms with E-state index in [0.29, 0.717) is 22.7 Å². The van der Waals surface area contributed by atoms with Crippen LogP contribution in [-0.4, -0.2) is 23.0 Å². The van der Waals surface area contributed by atoms with Gasteiger partial charge < -0.3 is 20.7 Å². The summed E-state index contributed by atoms with van der Waals surface area (Å²) in [7, 11) is 0. The molecule has 0 heterocycles. The Morgan fingerprint density at radius 2 is 1.37 bits per heavy atom. The Balaban J connectivity index is 1.22. The van der Waals surface area contributed by atoms with Crippen LogP contribution in [0.5, 0.6) is 11.5 Å². The zero-order chi connectivity index (χ0) is 32.3. The molecule has 5 aromatic rings. The lowest BCUT2D eigenvalue weighted by Gasteiger charge is -2.14. The third-order valence-corrected chi connectivity index (χ3v) is 8.21. The highest BCUT2D eigenvalue weighted by molar-refractivity contribution is 9.10. The molecule has 0 bridgehead atoms. The molecule has 0 fully saturated rings. The summed E-state index contributed by atoms with van der Waals surface area (Å²) in [4.78, 5) is 40.1. The lowest BCUT2D eigenvalue weighted by Crippen LogP contribution is -2.30. The van der Waals surface area contributed by atoms with Crippen molar-refractivity contribution in [1.82, 2.24) is 5.32 Å². The van der Waals surface area contributed by atoms with Gasteiger partial charge in [0.1, 0.15) is 17.2 Å². The second kappa shape index (κ2) is 15.7. The summed E-state index contributed by atoms with van der Waals surface area (Å²) in [5.74, 6) is 0.345. The fraction of sp³-hybridized carbons (Fsp3) is 0.0541. The molecule has 5 rings (SSSR count). The zero-order valence-electron chi connectivity index (χ0n) is 24.8. The first-order valence-electron chi connectivity index (χ1n) is 14.4. The maximum absolute atomic E-state index is 13.4. The molecule has 3 N–H and O–H groups in total. The third kappa shape index (κ3) is 9.44. The van der Waals surface area contributed by atoms with Gasteiger partial charge in [-0.05, 0) is 97.4 Å². The van der Waals surface area contributed by atoms with Crippen LogP contribution in [0.2, 0.25) is 0 Å². The fourth-order valence-corrected chi connectivity index (χ4v) is 5.44. The molecule has 0 aromatic heterocycles. The second-order valence-corrected chi connectivity index (χ2v) is 12.4. The molecule has 0 saturated carbocycles. The molecular formula is C37H30BrN3O4S. The number of halogens is 1. The molecule has 0 radical (unpaired) electrons. The number of carbonyl (C=O) groups is 3. The number of anilines is 2. The van der Waals surface area contributed by atoms with Crippen LogP contribution in [0.1, 0.15) is 22.8 Å². The summed E-state index contributed by atoms with van der Waals surface area (Å²) in [6.07, 6.45) is 1.62.